The molecule has 1 aliphatic carbocycles. The molecule has 47 heavy (non-hydrogen) atoms. The summed E-state index contributed by atoms with van der Waals surface area (Å²) in [6.07, 6.45) is 0. The first-order chi connectivity index (χ1) is 23.0. The van der Waals surface area contributed by atoms with Gasteiger partial charge in [-0.05, 0) is 105 Å². The molecule has 0 saturated carbocycles. The minimum Gasteiger partial charge on any atom is -0.356 e. The number of rotatable bonds is 5. The Labute approximate surface area is 275 Å². The van der Waals surface area contributed by atoms with Crippen LogP contribution in [0.5, 0.6) is 0 Å². The van der Waals surface area contributed by atoms with Gasteiger partial charge in [0.15, 0.2) is 0 Å². The molecule has 2 heteroatoms. The maximum atomic E-state index is 3.60. The smallest absolute Gasteiger partial charge is 0.0541 e. The van der Waals surface area contributed by atoms with E-state index in [4.69, 9.17) is 0 Å². The zero-order valence-corrected chi connectivity index (χ0v) is 26.5. The quantitative estimate of drug-likeness (QED) is 0.207. The third-order valence-corrected chi connectivity index (χ3v) is 10.00. The molecule has 9 rings (SSSR count). The molecule has 2 nitrogen and oxygen atoms in total. The van der Waals surface area contributed by atoms with Crippen LogP contribution in [0.2, 0.25) is 0 Å². The lowest BCUT2D eigenvalue weighted by Crippen LogP contribution is -2.14. The van der Waals surface area contributed by atoms with Gasteiger partial charge in [0.05, 0.1) is 11.0 Å². The molecule has 0 amide bonds. The van der Waals surface area contributed by atoms with Gasteiger partial charge in [0.25, 0.3) is 0 Å². The SMILES string of the molecule is CC1(C)c2ccccc2-c2ccc(-c3ccc(Nc4ccc(-c5ccc6c(c5)c5ccccc5n6-c5ccccc5)cc4)cc3)cc21. The van der Waals surface area contributed by atoms with Crippen molar-refractivity contribution in [2.24, 2.45) is 0 Å². The van der Waals surface area contributed by atoms with E-state index in [-0.39, 0.29) is 5.41 Å². The van der Waals surface area contributed by atoms with Crippen LogP contribution in [0, 0.1) is 0 Å². The van der Waals surface area contributed by atoms with Crippen molar-refractivity contribution in [3.8, 4) is 39.1 Å². The molecule has 0 saturated heterocycles. The summed E-state index contributed by atoms with van der Waals surface area (Å²) in [6, 6.07) is 59.4. The van der Waals surface area contributed by atoms with Gasteiger partial charge < -0.3 is 9.88 Å². The first kappa shape index (κ1) is 27.5. The number of nitrogens with one attached hydrogen (secondary N) is 1. The molecule has 1 heterocycles. The van der Waals surface area contributed by atoms with Gasteiger partial charge >= 0.3 is 0 Å². The lowest BCUT2D eigenvalue weighted by atomic mass is 9.81. The van der Waals surface area contributed by atoms with E-state index >= 15 is 0 Å². The van der Waals surface area contributed by atoms with Gasteiger partial charge in [-0.25, -0.2) is 0 Å². The zero-order valence-electron chi connectivity index (χ0n) is 26.5. The second-order valence-electron chi connectivity index (χ2n) is 13.1. The molecule has 1 aliphatic rings. The third-order valence-electron chi connectivity index (χ3n) is 10.00. The Bertz CT molecular complexity index is 2430. The Morgan fingerprint density at radius 3 is 1.72 bits per heavy atom. The van der Waals surface area contributed by atoms with Crippen LogP contribution in [0.1, 0.15) is 25.0 Å². The lowest BCUT2D eigenvalue weighted by molar-refractivity contribution is 0.660. The Balaban J connectivity index is 0.964. The summed E-state index contributed by atoms with van der Waals surface area (Å²) in [5, 5.41) is 6.13. The van der Waals surface area contributed by atoms with Gasteiger partial charge in [-0.2, -0.15) is 0 Å². The molecule has 7 aromatic carbocycles. The monoisotopic (exact) mass is 602 g/mol. The number of benzene rings is 7. The summed E-state index contributed by atoms with van der Waals surface area (Å²) in [5.41, 5.74) is 16.2. The van der Waals surface area contributed by atoms with E-state index in [0.717, 1.165) is 11.4 Å². The molecule has 0 bridgehead atoms. The Hall–Kier alpha value is -5.86. The number of hydrogen-bond acceptors (Lipinski definition) is 1. The van der Waals surface area contributed by atoms with Crippen molar-refractivity contribution >= 4 is 33.2 Å². The van der Waals surface area contributed by atoms with Gasteiger partial charge in [0.2, 0.25) is 0 Å². The molecule has 0 unspecified atom stereocenters. The van der Waals surface area contributed by atoms with Crippen LogP contribution < -0.4 is 5.32 Å². The number of nitrogens with zero attached hydrogens (tertiary/aromatic N) is 1. The Morgan fingerprint density at radius 1 is 0.426 bits per heavy atom. The highest BCUT2D eigenvalue weighted by atomic mass is 15.0. The van der Waals surface area contributed by atoms with E-state index in [1.54, 1.807) is 0 Å². The first-order valence-electron chi connectivity index (χ1n) is 16.4. The molecule has 1 aromatic heterocycles. The van der Waals surface area contributed by atoms with Crippen LogP contribution in [-0.4, -0.2) is 4.57 Å². The second kappa shape index (κ2) is 10.6. The number of anilines is 2. The largest absolute Gasteiger partial charge is 0.356 e. The van der Waals surface area contributed by atoms with Crippen LogP contribution in [0.25, 0.3) is 60.9 Å². The Kier molecular flexibility index (Phi) is 6.20. The van der Waals surface area contributed by atoms with Crippen molar-refractivity contribution in [1.29, 1.82) is 0 Å². The highest BCUT2D eigenvalue weighted by molar-refractivity contribution is 6.10. The fourth-order valence-electron chi connectivity index (χ4n) is 7.55. The van der Waals surface area contributed by atoms with Crippen molar-refractivity contribution in [3.63, 3.8) is 0 Å². The van der Waals surface area contributed by atoms with Gasteiger partial charge in [-0.3, -0.25) is 0 Å². The highest BCUT2D eigenvalue weighted by Crippen LogP contribution is 2.49. The molecule has 0 aliphatic heterocycles. The minimum atomic E-state index is 0.00237. The van der Waals surface area contributed by atoms with Crippen LogP contribution in [0.15, 0.2) is 164 Å². The molecule has 0 spiro atoms. The van der Waals surface area contributed by atoms with Gasteiger partial charge in [0, 0.05) is 33.2 Å². The van der Waals surface area contributed by atoms with Crippen LogP contribution in [0.3, 0.4) is 0 Å². The predicted molar refractivity (Wildman–Crippen MR) is 199 cm³/mol. The Morgan fingerprint density at radius 2 is 0.979 bits per heavy atom. The summed E-state index contributed by atoms with van der Waals surface area (Å²) >= 11 is 0. The summed E-state index contributed by atoms with van der Waals surface area (Å²) in [7, 11) is 0. The number of aromatic nitrogens is 1. The van der Waals surface area contributed by atoms with E-state index < -0.39 is 0 Å². The fraction of sp³-hybridized carbons (Fsp3) is 0.0667. The molecule has 0 atom stereocenters. The van der Waals surface area contributed by atoms with E-state index in [1.165, 1.54) is 72.0 Å². The van der Waals surface area contributed by atoms with E-state index in [9.17, 15) is 0 Å². The van der Waals surface area contributed by atoms with Crippen molar-refractivity contribution in [3.05, 3.63) is 175 Å². The standard InChI is InChI=1S/C45H34N2/c1-45(2)41-14-8-6-12-37(41)38-26-20-33(29-42(38)45)31-18-24-35(25-19-31)46-34-22-16-30(17-23-34)32-21-27-44-40(28-32)39-13-7-9-15-43(39)47(44)36-10-4-3-5-11-36/h3-29,46H,1-2H3. The van der Waals surface area contributed by atoms with Crippen LogP contribution >= 0.6 is 0 Å². The van der Waals surface area contributed by atoms with Gasteiger partial charge in [-0.15, -0.1) is 0 Å². The number of hydrogen-bond donors (Lipinski definition) is 1. The first-order valence-corrected chi connectivity index (χ1v) is 16.4. The molecule has 1 N–H and O–H groups in total. The van der Waals surface area contributed by atoms with Crippen molar-refractivity contribution in [2.75, 3.05) is 5.32 Å². The number of para-hydroxylation sites is 2. The van der Waals surface area contributed by atoms with E-state index in [2.05, 4.69) is 188 Å². The maximum Gasteiger partial charge on any atom is 0.0541 e. The molecule has 0 radical (unpaired) electrons. The fourth-order valence-corrected chi connectivity index (χ4v) is 7.55. The van der Waals surface area contributed by atoms with Gasteiger partial charge in [-0.1, -0.05) is 117 Å². The molecule has 224 valence electrons. The van der Waals surface area contributed by atoms with Crippen LogP contribution in [-0.2, 0) is 5.41 Å². The summed E-state index contributed by atoms with van der Waals surface area (Å²) in [4.78, 5) is 0. The average molecular weight is 603 g/mol. The maximum absolute atomic E-state index is 3.60. The lowest BCUT2D eigenvalue weighted by Gasteiger charge is -2.22. The van der Waals surface area contributed by atoms with Crippen LogP contribution in [0.4, 0.5) is 11.4 Å². The molecule has 0 fully saturated rings. The highest BCUT2D eigenvalue weighted by Gasteiger charge is 2.35. The molecule has 8 aromatic rings. The number of fused-ring (bicyclic) bond motifs is 6. The molecular formula is C45H34N2. The summed E-state index contributed by atoms with van der Waals surface area (Å²) in [6.45, 7) is 4.67. The zero-order chi connectivity index (χ0) is 31.5. The molecular weight excluding hydrogens is 569 g/mol. The third kappa shape index (κ3) is 4.48. The van der Waals surface area contributed by atoms with E-state index in [1.807, 2.05) is 0 Å². The van der Waals surface area contributed by atoms with E-state index in [0.29, 0.717) is 0 Å². The van der Waals surface area contributed by atoms with Gasteiger partial charge in [0.1, 0.15) is 0 Å². The minimum absolute atomic E-state index is 0.00237. The topological polar surface area (TPSA) is 17.0 Å². The average Bonchev–Trinajstić information content (AvgIpc) is 3.57. The second-order valence-corrected chi connectivity index (χ2v) is 13.1. The van der Waals surface area contributed by atoms with Crippen molar-refractivity contribution < 1.29 is 0 Å². The predicted octanol–water partition coefficient (Wildman–Crippen LogP) is 12.2. The van der Waals surface area contributed by atoms with Crippen molar-refractivity contribution in [2.45, 2.75) is 19.3 Å². The summed E-state index contributed by atoms with van der Waals surface area (Å²) in [5.74, 6) is 0. The van der Waals surface area contributed by atoms with Crippen molar-refractivity contribution in [1.82, 2.24) is 4.57 Å². The summed E-state index contributed by atoms with van der Waals surface area (Å²) < 4.78 is 2.36. The normalized spacial score (nSPS) is 13.1.